The molecular formula is C23H21N5O2S2. The number of nitrogens with one attached hydrogen (secondary N) is 2. The maximum absolute atomic E-state index is 12.3. The Bertz CT molecular complexity index is 1240. The highest BCUT2D eigenvalue weighted by atomic mass is 32.2. The van der Waals surface area contributed by atoms with Crippen molar-refractivity contribution >= 4 is 34.9 Å². The zero-order valence-electron chi connectivity index (χ0n) is 17.5. The van der Waals surface area contributed by atoms with Gasteiger partial charge in [-0.3, -0.25) is 25.0 Å². The van der Waals surface area contributed by atoms with E-state index >= 15 is 0 Å². The summed E-state index contributed by atoms with van der Waals surface area (Å²) in [6.07, 6.45) is 0. The molecule has 32 heavy (non-hydrogen) atoms. The fourth-order valence-corrected chi connectivity index (χ4v) is 4.37. The summed E-state index contributed by atoms with van der Waals surface area (Å²) >= 11 is 2.56. The van der Waals surface area contributed by atoms with Crippen molar-refractivity contribution in [2.45, 2.75) is 19.0 Å². The lowest BCUT2D eigenvalue weighted by molar-refractivity contribution is -0.119. The third-order valence-corrected chi connectivity index (χ3v) is 6.60. The van der Waals surface area contributed by atoms with E-state index in [0.717, 1.165) is 16.8 Å². The Morgan fingerprint density at radius 1 is 0.969 bits per heavy atom. The molecule has 7 nitrogen and oxygen atoms in total. The molecule has 0 spiro atoms. The number of carbonyl (C=O) groups excluding carboxylic acids is 2. The quantitative estimate of drug-likeness (QED) is 0.331. The lowest BCUT2D eigenvalue weighted by Gasteiger charge is -2.12. The van der Waals surface area contributed by atoms with Gasteiger partial charge in [-0.15, -0.1) is 21.5 Å². The summed E-state index contributed by atoms with van der Waals surface area (Å²) in [6.45, 7) is 4.12. The van der Waals surface area contributed by atoms with Gasteiger partial charge in [-0.05, 0) is 48.6 Å². The average molecular weight is 464 g/mol. The van der Waals surface area contributed by atoms with Crippen molar-refractivity contribution in [2.24, 2.45) is 0 Å². The molecule has 2 heterocycles. The molecule has 0 aliphatic rings. The van der Waals surface area contributed by atoms with E-state index in [1.807, 2.05) is 41.0 Å². The number of carbonyl (C=O) groups is 2. The lowest BCUT2D eigenvalue weighted by Crippen LogP contribution is -2.42. The van der Waals surface area contributed by atoms with Crippen LogP contribution in [0.1, 0.15) is 20.8 Å². The van der Waals surface area contributed by atoms with Crippen LogP contribution in [0.3, 0.4) is 0 Å². The molecule has 0 bridgehead atoms. The molecule has 0 aliphatic carbocycles. The van der Waals surface area contributed by atoms with Gasteiger partial charge in [0.05, 0.1) is 16.3 Å². The summed E-state index contributed by atoms with van der Waals surface area (Å²) in [5.74, 6) is 0.0873. The van der Waals surface area contributed by atoms with Crippen LogP contribution >= 0.6 is 23.1 Å². The van der Waals surface area contributed by atoms with Crippen LogP contribution in [0, 0.1) is 13.8 Å². The number of hydrogen-bond donors (Lipinski definition) is 2. The molecule has 4 rings (SSSR count). The zero-order chi connectivity index (χ0) is 22.5. The molecule has 2 amide bonds. The molecule has 2 N–H and O–H groups in total. The number of rotatable bonds is 6. The van der Waals surface area contributed by atoms with Crippen molar-refractivity contribution in [3.63, 3.8) is 0 Å². The van der Waals surface area contributed by atoms with Crippen molar-refractivity contribution in [3.8, 4) is 17.1 Å². The fraction of sp³-hybridized carbons (Fsp3) is 0.130. The Morgan fingerprint density at radius 3 is 2.50 bits per heavy atom. The number of aryl methyl sites for hydroxylation is 2. The second kappa shape index (κ2) is 9.80. The Labute approximate surface area is 193 Å². The number of hydrazine groups is 1. The Hall–Kier alpha value is -3.43. The molecule has 162 valence electrons. The molecule has 0 saturated carbocycles. The van der Waals surface area contributed by atoms with Crippen LogP contribution in [0.2, 0.25) is 0 Å². The monoisotopic (exact) mass is 463 g/mol. The molecule has 0 unspecified atom stereocenters. The molecular weight excluding hydrogens is 442 g/mol. The van der Waals surface area contributed by atoms with Crippen LogP contribution in [0.5, 0.6) is 0 Å². The van der Waals surface area contributed by atoms with Gasteiger partial charge < -0.3 is 0 Å². The van der Waals surface area contributed by atoms with E-state index < -0.39 is 0 Å². The predicted molar refractivity (Wildman–Crippen MR) is 127 cm³/mol. The van der Waals surface area contributed by atoms with Gasteiger partial charge in [-0.1, -0.05) is 54.2 Å². The molecule has 0 saturated heterocycles. The highest BCUT2D eigenvalue weighted by molar-refractivity contribution is 7.99. The average Bonchev–Trinajstić information content (AvgIpc) is 3.49. The highest BCUT2D eigenvalue weighted by Crippen LogP contribution is 2.28. The van der Waals surface area contributed by atoms with E-state index in [4.69, 9.17) is 0 Å². The van der Waals surface area contributed by atoms with Crippen molar-refractivity contribution in [1.82, 2.24) is 25.6 Å². The number of aromatic nitrogens is 3. The van der Waals surface area contributed by atoms with Crippen LogP contribution < -0.4 is 10.9 Å². The van der Waals surface area contributed by atoms with Gasteiger partial charge in [0.25, 0.3) is 5.91 Å². The first-order valence-corrected chi connectivity index (χ1v) is 11.7. The second-order valence-corrected chi connectivity index (χ2v) is 8.93. The zero-order valence-corrected chi connectivity index (χ0v) is 19.2. The van der Waals surface area contributed by atoms with Crippen molar-refractivity contribution in [3.05, 3.63) is 82.0 Å². The minimum absolute atomic E-state index is 0.0719. The van der Waals surface area contributed by atoms with E-state index in [9.17, 15) is 9.59 Å². The van der Waals surface area contributed by atoms with Gasteiger partial charge in [0.2, 0.25) is 5.91 Å². The van der Waals surface area contributed by atoms with Crippen LogP contribution in [-0.2, 0) is 4.79 Å². The van der Waals surface area contributed by atoms with Crippen LogP contribution in [0.25, 0.3) is 17.1 Å². The van der Waals surface area contributed by atoms with E-state index in [1.54, 1.807) is 17.5 Å². The summed E-state index contributed by atoms with van der Waals surface area (Å²) in [6, 6.07) is 19.4. The summed E-state index contributed by atoms with van der Waals surface area (Å²) < 4.78 is 1.95. The first-order chi connectivity index (χ1) is 15.5. The first-order valence-electron chi connectivity index (χ1n) is 9.87. The molecule has 9 heteroatoms. The topological polar surface area (TPSA) is 88.9 Å². The van der Waals surface area contributed by atoms with E-state index in [2.05, 4.69) is 47.0 Å². The number of amides is 2. The minimum Gasteiger partial charge on any atom is -0.272 e. The van der Waals surface area contributed by atoms with Gasteiger partial charge in [0.15, 0.2) is 11.0 Å². The molecule has 0 atom stereocenters. The van der Waals surface area contributed by atoms with E-state index in [-0.39, 0.29) is 17.6 Å². The largest absolute Gasteiger partial charge is 0.279 e. The number of thiophene rings is 1. The van der Waals surface area contributed by atoms with Crippen molar-refractivity contribution in [1.29, 1.82) is 0 Å². The number of benzene rings is 2. The first kappa shape index (κ1) is 21.8. The summed E-state index contributed by atoms with van der Waals surface area (Å²) in [5, 5.41) is 11.1. The van der Waals surface area contributed by atoms with Gasteiger partial charge in [-0.2, -0.15) is 0 Å². The van der Waals surface area contributed by atoms with Gasteiger partial charge in [0, 0.05) is 5.56 Å². The number of thioether (sulfide) groups is 1. The highest BCUT2D eigenvalue weighted by Gasteiger charge is 2.18. The van der Waals surface area contributed by atoms with Crippen molar-refractivity contribution < 1.29 is 9.59 Å². The smallest absolute Gasteiger partial charge is 0.272 e. The molecule has 0 aliphatic heterocycles. The van der Waals surface area contributed by atoms with Gasteiger partial charge in [-0.25, -0.2) is 0 Å². The summed E-state index contributed by atoms with van der Waals surface area (Å²) in [7, 11) is 0. The molecule has 0 radical (unpaired) electrons. The molecule has 0 fully saturated rings. The fourth-order valence-electron chi connectivity index (χ4n) is 3.00. The Kier molecular flexibility index (Phi) is 6.67. The Balaban J connectivity index is 1.53. The minimum atomic E-state index is -0.344. The van der Waals surface area contributed by atoms with Crippen LogP contribution in [0.4, 0.5) is 0 Å². The third kappa shape index (κ3) is 4.90. The third-order valence-electron chi connectivity index (χ3n) is 4.81. The van der Waals surface area contributed by atoms with Crippen molar-refractivity contribution in [2.75, 3.05) is 5.75 Å². The summed E-state index contributed by atoms with van der Waals surface area (Å²) in [5.41, 5.74) is 9.07. The van der Waals surface area contributed by atoms with Gasteiger partial charge in [0.1, 0.15) is 0 Å². The summed E-state index contributed by atoms with van der Waals surface area (Å²) in [4.78, 5) is 24.8. The second-order valence-electron chi connectivity index (χ2n) is 7.04. The van der Waals surface area contributed by atoms with E-state index in [1.165, 1.54) is 28.7 Å². The SMILES string of the molecule is Cc1ccc(-n2c(SCC(=O)NNC(=O)c3cccs3)nnc2-c2ccccc2)cc1C. The predicted octanol–water partition coefficient (Wildman–Crippen LogP) is 4.17. The molecule has 4 aromatic rings. The Morgan fingerprint density at radius 2 is 1.78 bits per heavy atom. The number of nitrogens with zero attached hydrogens (tertiary/aromatic N) is 3. The standard InChI is InChI=1S/C23H21N5O2S2/c1-15-10-11-18(13-16(15)2)28-21(17-7-4-3-5-8-17)25-27-23(28)32-14-20(29)24-26-22(30)19-9-6-12-31-19/h3-13H,14H2,1-2H3,(H,24,29)(H,26,30). The van der Waals surface area contributed by atoms with Crippen LogP contribution in [-0.4, -0.2) is 32.3 Å². The van der Waals surface area contributed by atoms with Crippen LogP contribution in [0.15, 0.2) is 71.2 Å². The lowest BCUT2D eigenvalue weighted by atomic mass is 10.1. The van der Waals surface area contributed by atoms with Gasteiger partial charge >= 0.3 is 0 Å². The molecule has 2 aromatic carbocycles. The maximum Gasteiger partial charge on any atom is 0.279 e. The maximum atomic E-state index is 12.3. The molecule has 2 aromatic heterocycles. The van der Waals surface area contributed by atoms with E-state index in [0.29, 0.717) is 15.9 Å². The number of hydrogen-bond acceptors (Lipinski definition) is 6. The normalized spacial score (nSPS) is 10.7.